The summed E-state index contributed by atoms with van der Waals surface area (Å²) in [6.45, 7) is 0. The van der Waals surface area contributed by atoms with E-state index in [0.29, 0.717) is 0 Å². The Kier molecular flexibility index (Phi) is 6.65. The van der Waals surface area contributed by atoms with Crippen molar-refractivity contribution in [2.45, 2.75) is 12.3 Å². The Morgan fingerprint density at radius 3 is 1.96 bits per heavy atom. The summed E-state index contributed by atoms with van der Waals surface area (Å²) in [6.07, 6.45) is -0.437. The standard InChI is InChI=1S/C43H31N3O/c1-3-10-28(11-4-1)30-18-20-31(21-19-30)34-24-25-38-37(27-34)40-36(16-9-17-39(40)47-38)43-45-41(32-13-5-2-6-14-32)44-42(46-43)35-23-22-29-12-7-8-15-33(29)26-35/h1-27,41,43,45H,(H,44,46). The first kappa shape index (κ1) is 27.3. The van der Waals surface area contributed by atoms with Crippen molar-refractivity contribution in [1.29, 1.82) is 0 Å². The number of amidine groups is 1. The lowest BCUT2D eigenvalue weighted by molar-refractivity contribution is 0.411. The molecule has 0 radical (unpaired) electrons. The second-order valence-electron chi connectivity index (χ2n) is 12.1. The Bertz CT molecular complexity index is 2410. The predicted octanol–water partition coefficient (Wildman–Crippen LogP) is 10.4. The van der Waals surface area contributed by atoms with Gasteiger partial charge in [-0.1, -0.05) is 140 Å². The highest BCUT2D eigenvalue weighted by Crippen LogP contribution is 2.38. The zero-order valence-electron chi connectivity index (χ0n) is 25.6. The molecule has 0 saturated heterocycles. The number of furan rings is 1. The number of hydrogen-bond acceptors (Lipinski definition) is 4. The van der Waals surface area contributed by atoms with Gasteiger partial charge < -0.3 is 9.73 Å². The average molecular weight is 606 g/mol. The van der Waals surface area contributed by atoms with Crippen molar-refractivity contribution in [3.05, 3.63) is 180 Å². The van der Waals surface area contributed by atoms with Crippen LogP contribution in [0, 0.1) is 0 Å². The van der Waals surface area contributed by atoms with Crippen LogP contribution < -0.4 is 10.6 Å². The second-order valence-corrected chi connectivity index (χ2v) is 12.1. The molecule has 0 aliphatic carbocycles. The van der Waals surface area contributed by atoms with Crippen LogP contribution in [0.1, 0.15) is 29.0 Å². The molecule has 0 spiro atoms. The molecule has 0 bridgehead atoms. The van der Waals surface area contributed by atoms with Crippen LogP contribution in [-0.4, -0.2) is 5.84 Å². The van der Waals surface area contributed by atoms with E-state index in [2.05, 4.69) is 162 Å². The van der Waals surface area contributed by atoms with Crippen LogP contribution in [0.4, 0.5) is 0 Å². The van der Waals surface area contributed by atoms with Gasteiger partial charge >= 0.3 is 0 Å². The van der Waals surface area contributed by atoms with Crippen molar-refractivity contribution in [2.75, 3.05) is 0 Å². The number of nitrogens with one attached hydrogen (secondary N) is 2. The average Bonchev–Trinajstić information content (AvgIpc) is 3.53. The van der Waals surface area contributed by atoms with E-state index in [1.165, 1.54) is 27.5 Å². The van der Waals surface area contributed by atoms with Gasteiger partial charge in [0.25, 0.3) is 0 Å². The van der Waals surface area contributed by atoms with Crippen LogP contribution in [0.5, 0.6) is 0 Å². The summed E-state index contributed by atoms with van der Waals surface area (Å²) in [7, 11) is 0. The number of benzene rings is 7. The quantitative estimate of drug-likeness (QED) is 0.205. The summed E-state index contributed by atoms with van der Waals surface area (Å²) >= 11 is 0. The van der Waals surface area contributed by atoms with Gasteiger partial charge in [0.05, 0.1) is 0 Å². The molecule has 224 valence electrons. The Morgan fingerprint density at radius 2 is 1.15 bits per heavy atom. The molecule has 0 saturated carbocycles. The van der Waals surface area contributed by atoms with Gasteiger partial charge in [0.15, 0.2) is 0 Å². The monoisotopic (exact) mass is 605 g/mol. The molecule has 2 N–H and O–H groups in total. The van der Waals surface area contributed by atoms with Gasteiger partial charge in [-0.15, -0.1) is 0 Å². The lowest BCUT2D eigenvalue weighted by Crippen LogP contribution is -2.45. The minimum absolute atomic E-state index is 0.211. The van der Waals surface area contributed by atoms with Crippen molar-refractivity contribution in [2.24, 2.45) is 4.99 Å². The SMILES string of the molecule is c1ccc(-c2ccc(-c3ccc4oc5cccc(C6NC(c7ccc8ccccc8c7)=NC(c7ccccc7)N6)c5c4c3)cc2)cc1. The van der Waals surface area contributed by atoms with E-state index < -0.39 is 0 Å². The lowest BCUT2D eigenvalue weighted by atomic mass is 9.97. The van der Waals surface area contributed by atoms with E-state index in [9.17, 15) is 0 Å². The molecule has 0 amide bonds. The van der Waals surface area contributed by atoms with Crippen LogP contribution in [0.25, 0.3) is 55.0 Å². The van der Waals surface area contributed by atoms with Crippen molar-refractivity contribution in [1.82, 2.24) is 10.6 Å². The maximum Gasteiger partial charge on any atom is 0.135 e. The normalized spacial score (nSPS) is 16.3. The first-order valence-corrected chi connectivity index (χ1v) is 16.0. The van der Waals surface area contributed by atoms with Crippen LogP contribution in [0.2, 0.25) is 0 Å². The van der Waals surface area contributed by atoms with Gasteiger partial charge in [-0.25, -0.2) is 4.99 Å². The summed E-state index contributed by atoms with van der Waals surface area (Å²) in [6, 6.07) is 57.5. The van der Waals surface area contributed by atoms with Gasteiger partial charge in [0.2, 0.25) is 0 Å². The van der Waals surface area contributed by atoms with Crippen LogP contribution in [-0.2, 0) is 0 Å². The summed E-state index contributed by atoms with van der Waals surface area (Å²) in [5.41, 5.74) is 9.77. The Morgan fingerprint density at radius 1 is 0.489 bits per heavy atom. The van der Waals surface area contributed by atoms with Crippen LogP contribution >= 0.6 is 0 Å². The summed E-state index contributed by atoms with van der Waals surface area (Å²) in [4.78, 5) is 5.19. The molecule has 1 aliphatic heterocycles. The maximum absolute atomic E-state index is 6.44. The zero-order valence-corrected chi connectivity index (χ0v) is 25.6. The van der Waals surface area contributed by atoms with Gasteiger partial charge in [-0.2, -0.15) is 0 Å². The number of fused-ring (bicyclic) bond motifs is 4. The largest absolute Gasteiger partial charge is 0.456 e. The Hall–Kier alpha value is -5.97. The van der Waals surface area contributed by atoms with Gasteiger partial charge in [-0.05, 0) is 62.9 Å². The van der Waals surface area contributed by atoms with E-state index in [0.717, 1.165) is 50.0 Å². The van der Waals surface area contributed by atoms with Crippen molar-refractivity contribution in [3.63, 3.8) is 0 Å². The number of rotatable bonds is 5. The highest BCUT2D eigenvalue weighted by atomic mass is 16.3. The minimum Gasteiger partial charge on any atom is -0.456 e. The van der Waals surface area contributed by atoms with Crippen molar-refractivity contribution >= 4 is 38.5 Å². The highest BCUT2D eigenvalue weighted by molar-refractivity contribution is 6.09. The van der Waals surface area contributed by atoms with Crippen molar-refractivity contribution in [3.8, 4) is 22.3 Å². The minimum atomic E-state index is -0.226. The molecule has 9 rings (SSSR count). The Labute approximate surface area is 273 Å². The van der Waals surface area contributed by atoms with E-state index in [4.69, 9.17) is 9.41 Å². The molecule has 47 heavy (non-hydrogen) atoms. The molecule has 2 atom stereocenters. The molecule has 2 heterocycles. The molecule has 4 heteroatoms. The molecule has 0 fully saturated rings. The van der Waals surface area contributed by atoms with Crippen LogP contribution in [0.15, 0.2) is 173 Å². The predicted molar refractivity (Wildman–Crippen MR) is 193 cm³/mol. The molecule has 1 aromatic heterocycles. The topological polar surface area (TPSA) is 49.6 Å². The number of aliphatic imine (C=N–C) groups is 1. The van der Waals surface area contributed by atoms with Crippen LogP contribution in [0.3, 0.4) is 0 Å². The highest BCUT2D eigenvalue weighted by Gasteiger charge is 2.28. The van der Waals surface area contributed by atoms with Gasteiger partial charge in [0, 0.05) is 21.9 Å². The maximum atomic E-state index is 6.44. The van der Waals surface area contributed by atoms with Gasteiger partial charge in [0.1, 0.15) is 29.3 Å². The second kappa shape index (κ2) is 11.4. The molecule has 4 nitrogen and oxygen atoms in total. The van der Waals surface area contributed by atoms with E-state index in [1.807, 2.05) is 12.1 Å². The van der Waals surface area contributed by atoms with Gasteiger partial charge in [-0.3, -0.25) is 5.32 Å². The van der Waals surface area contributed by atoms with Crippen molar-refractivity contribution < 1.29 is 4.42 Å². The summed E-state index contributed by atoms with van der Waals surface area (Å²) in [5.74, 6) is 0.859. The Balaban J connectivity index is 1.14. The lowest BCUT2D eigenvalue weighted by Gasteiger charge is -2.32. The molecule has 7 aromatic carbocycles. The molecule has 2 unspecified atom stereocenters. The smallest absolute Gasteiger partial charge is 0.135 e. The third-order valence-electron chi connectivity index (χ3n) is 9.17. The third-order valence-corrected chi connectivity index (χ3v) is 9.17. The fourth-order valence-corrected chi connectivity index (χ4v) is 6.77. The molecular weight excluding hydrogens is 574 g/mol. The summed E-state index contributed by atoms with van der Waals surface area (Å²) < 4.78 is 6.44. The molecular formula is C43H31N3O. The fraction of sp³-hybridized carbons (Fsp3) is 0.0465. The third kappa shape index (κ3) is 5.05. The number of hydrogen-bond donors (Lipinski definition) is 2. The van der Waals surface area contributed by atoms with E-state index >= 15 is 0 Å². The number of nitrogens with zero attached hydrogens (tertiary/aromatic N) is 1. The molecule has 1 aliphatic rings. The zero-order chi connectivity index (χ0) is 31.2. The van der Waals surface area contributed by atoms with E-state index in [-0.39, 0.29) is 12.3 Å². The first-order valence-electron chi connectivity index (χ1n) is 16.0. The van der Waals surface area contributed by atoms with E-state index in [1.54, 1.807) is 0 Å². The molecule has 8 aromatic rings. The fourth-order valence-electron chi connectivity index (χ4n) is 6.77. The first-order chi connectivity index (χ1) is 23.3. The summed E-state index contributed by atoms with van der Waals surface area (Å²) in [5, 5.41) is 12.1.